The van der Waals surface area contributed by atoms with Crippen molar-refractivity contribution in [1.29, 1.82) is 0 Å². The van der Waals surface area contributed by atoms with Crippen LogP contribution in [0, 0.1) is 12.8 Å². The second kappa shape index (κ2) is 18.8. The number of hydrogen-bond donors (Lipinski definition) is 3. The van der Waals surface area contributed by atoms with E-state index in [1.54, 1.807) is 0 Å². The molecule has 1 aromatic rings. The molecule has 0 unspecified atom stereocenters. The quantitative estimate of drug-likeness (QED) is 0.243. The van der Waals surface area contributed by atoms with E-state index in [-0.39, 0.29) is 29.7 Å². The molecule has 1 rings (SSSR count). The third kappa shape index (κ3) is 16.3. The summed E-state index contributed by atoms with van der Waals surface area (Å²) >= 11 is 0. The predicted octanol–water partition coefficient (Wildman–Crippen LogP) is 4.46. The van der Waals surface area contributed by atoms with Crippen molar-refractivity contribution in [3.05, 3.63) is 35.4 Å². The Morgan fingerprint density at radius 2 is 1.50 bits per heavy atom. The van der Waals surface area contributed by atoms with Gasteiger partial charge in [-0.05, 0) is 77.2 Å². The van der Waals surface area contributed by atoms with Gasteiger partial charge in [0.05, 0.1) is 6.10 Å². The highest BCUT2D eigenvalue weighted by molar-refractivity contribution is 5.87. The van der Waals surface area contributed by atoms with Gasteiger partial charge in [-0.15, -0.1) is 0 Å². The molecule has 1 aromatic carbocycles. The largest absolute Gasteiger partial charge is 0.379 e. The Morgan fingerprint density at radius 1 is 0.833 bits per heavy atom. The van der Waals surface area contributed by atoms with Crippen LogP contribution in [0.25, 0.3) is 0 Å². The summed E-state index contributed by atoms with van der Waals surface area (Å²) in [6.07, 6.45) is 6.61. The van der Waals surface area contributed by atoms with Gasteiger partial charge in [0.1, 0.15) is 6.04 Å². The monoisotopic (exact) mass is 503 g/mol. The lowest BCUT2D eigenvalue weighted by molar-refractivity contribution is -0.129. The predicted molar refractivity (Wildman–Crippen MR) is 146 cm³/mol. The SMILES string of the molecule is Cc1ccc(CCCC(=O)NCCCC[C@H](NC(=O)CC(C)C)C(=O)NCCCCOC(C)C)cc1. The van der Waals surface area contributed by atoms with E-state index in [2.05, 4.69) is 47.1 Å². The topological polar surface area (TPSA) is 96.5 Å². The molecular weight excluding hydrogens is 454 g/mol. The van der Waals surface area contributed by atoms with Crippen molar-refractivity contribution in [2.24, 2.45) is 5.92 Å². The summed E-state index contributed by atoms with van der Waals surface area (Å²) in [4.78, 5) is 37.1. The average molecular weight is 504 g/mol. The highest BCUT2D eigenvalue weighted by Gasteiger charge is 2.20. The number of rotatable bonds is 19. The van der Waals surface area contributed by atoms with Crippen LogP contribution < -0.4 is 16.0 Å². The first-order valence-corrected chi connectivity index (χ1v) is 13.7. The molecule has 0 aliphatic rings. The van der Waals surface area contributed by atoms with Crippen LogP contribution in [0.1, 0.15) is 90.2 Å². The zero-order valence-electron chi connectivity index (χ0n) is 23.2. The molecule has 0 aliphatic carbocycles. The van der Waals surface area contributed by atoms with Crippen LogP contribution in [0.5, 0.6) is 0 Å². The van der Waals surface area contributed by atoms with Gasteiger partial charge in [0, 0.05) is 32.5 Å². The van der Waals surface area contributed by atoms with Gasteiger partial charge in [-0.25, -0.2) is 0 Å². The Bertz CT molecular complexity index is 762. The molecule has 36 heavy (non-hydrogen) atoms. The van der Waals surface area contributed by atoms with E-state index in [4.69, 9.17) is 4.74 Å². The van der Waals surface area contributed by atoms with Gasteiger partial charge in [0.25, 0.3) is 0 Å². The summed E-state index contributed by atoms with van der Waals surface area (Å²) in [6.45, 7) is 11.9. The van der Waals surface area contributed by atoms with Crippen molar-refractivity contribution in [3.63, 3.8) is 0 Å². The van der Waals surface area contributed by atoms with Gasteiger partial charge in [-0.2, -0.15) is 0 Å². The number of carbonyl (C=O) groups is 3. The molecule has 0 aromatic heterocycles. The lowest BCUT2D eigenvalue weighted by Crippen LogP contribution is -2.47. The van der Waals surface area contributed by atoms with E-state index >= 15 is 0 Å². The van der Waals surface area contributed by atoms with Crippen molar-refractivity contribution in [2.45, 2.75) is 105 Å². The summed E-state index contributed by atoms with van der Waals surface area (Å²) in [5, 5.41) is 8.82. The standard InChI is InChI=1S/C29H49N3O4/c1-22(2)21-28(34)32-26(29(35)31-19-8-9-20-36-23(3)4)12-6-7-18-30-27(33)13-10-11-25-16-14-24(5)15-17-25/h14-17,22-23,26H,6-13,18-21H2,1-5H3,(H,30,33)(H,31,35)(H,32,34)/t26-/m0/s1. The van der Waals surface area contributed by atoms with Gasteiger partial charge in [0.2, 0.25) is 17.7 Å². The Morgan fingerprint density at radius 3 is 2.17 bits per heavy atom. The highest BCUT2D eigenvalue weighted by atomic mass is 16.5. The van der Waals surface area contributed by atoms with E-state index in [1.165, 1.54) is 11.1 Å². The molecule has 7 nitrogen and oxygen atoms in total. The number of hydrogen-bond acceptors (Lipinski definition) is 4. The van der Waals surface area contributed by atoms with Crippen molar-refractivity contribution >= 4 is 17.7 Å². The number of amides is 3. The van der Waals surface area contributed by atoms with Gasteiger partial charge >= 0.3 is 0 Å². The minimum absolute atomic E-state index is 0.0584. The summed E-state index contributed by atoms with van der Waals surface area (Å²) in [5.74, 6) is 0.0494. The summed E-state index contributed by atoms with van der Waals surface area (Å²) in [5.41, 5.74) is 2.49. The van der Waals surface area contributed by atoms with Crippen LogP contribution in [0.15, 0.2) is 24.3 Å². The van der Waals surface area contributed by atoms with Crippen molar-refractivity contribution < 1.29 is 19.1 Å². The number of nitrogens with one attached hydrogen (secondary N) is 3. The maximum atomic E-state index is 12.7. The first-order chi connectivity index (χ1) is 17.2. The number of carbonyl (C=O) groups excluding carboxylic acids is 3. The molecule has 0 heterocycles. The Kier molecular flexibility index (Phi) is 16.5. The minimum atomic E-state index is -0.548. The van der Waals surface area contributed by atoms with Crippen LogP contribution in [-0.2, 0) is 25.5 Å². The third-order valence-electron chi connectivity index (χ3n) is 5.80. The van der Waals surface area contributed by atoms with Crippen molar-refractivity contribution in [1.82, 2.24) is 16.0 Å². The fraction of sp³-hybridized carbons (Fsp3) is 0.690. The molecule has 1 atom stereocenters. The molecular formula is C29H49N3O4. The summed E-state index contributed by atoms with van der Waals surface area (Å²) in [7, 11) is 0. The zero-order valence-corrected chi connectivity index (χ0v) is 23.2. The fourth-order valence-corrected chi connectivity index (χ4v) is 3.77. The fourth-order valence-electron chi connectivity index (χ4n) is 3.77. The van der Waals surface area contributed by atoms with Crippen LogP contribution in [-0.4, -0.2) is 49.6 Å². The Hall–Kier alpha value is -2.41. The second-order valence-corrected chi connectivity index (χ2v) is 10.3. The number of unbranched alkanes of at least 4 members (excludes halogenated alkanes) is 2. The van der Waals surface area contributed by atoms with Crippen LogP contribution in [0.4, 0.5) is 0 Å². The van der Waals surface area contributed by atoms with Crippen molar-refractivity contribution in [2.75, 3.05) is 19.7 Å². The number of ether oxygens (including phenoxy) is 1. The normalized spacial score (nSPS) is 12.0. The molecule has 3 N–H and O–H groups in total. The maximum absolute atomic E-state index is 12.7. The zero-order chi connectivity index (χ0) is 26.8. The minimum Gasteiger partial charge on any atom is -0.379 e. The van der Waals surface area contributed by atoms with Crippen LogP contribution >= 0.6 is 0 Å². The highest BCUT2D eigenvalue weighted by Crippen LogP contribution is 2.08. The summed E-state index contributed by atoms with van der Waals surface area (Å²) in [6, 6.07) is 7.87. The molecule has 204 valence electrons. The van der Waals surface area contributed by atoms with Gasteiger partial charge in [-0.1, -0.05) is 43.7 Å². The molecule has 0 saturated heterocycles. The van der Waals surface area contributed by atoms with E-state index in [0.717, 1.165) is 38.5 Å². The number of benzene rings is 1. The smallest absolute Gasteiger partial charge is 0.242 e. The lowest BCUT2D eigenvalue weighted by atomic mass is 10.1. The van der Waals surface area contributed by atoms with E-state index in [0.29, 0.717) is 39.0 Å². The number of aryl methyl sites for hydroxylation is 2. The van der Waals surface area contributed by atoms with Crippen molar-refractivity contribution in [3.8, 4) is 0 Å². The van der Waals surface area contributed by atoms with E-state index in [1.807, 2.05) is 27.7 Å². The van der Waals surface area contributed by atoms with Gasteiger partial charge < -0.3 is 20.7 Å². The van der Waals surface area contributed by atoms with E-state index in [9.17, 15) is 14.4 Å². The second-order valence-electron chi connectivity index (χ2n) is 10.3. The first-order valence-electron chi connectivity index (χ1n) is 13.7. The van der Waals surface area contributed by atoms with E-state index < -0.39 is 6.04 Å². The molecule has 7 heteroatoms. The molecule has 0 spiro atoms. The molecule has 3 amide bonds. The Labute approximate surface area is 218 Å². The molecule has 0 bridgehead atoms. The summed E-state index contributed by atoms with van der Waals surface area (Å²) < 4.78 is 5.52. The van der Waals surface area contributed by atoms with Crippen LogP contribution in [0.2, 0.25) is 0 Å². The molecule has 0 radical (unpaired) electrons. The molecule has 0 aliphatic heterocycles. The third-order valence-corrected chi connectivity index (χ3v) is 5.80. The average Bonchev–Trinajstić information content (AvgIpc) is 2.80. The lowest BCUT2D eigenvalue weighted by Gasteiger charge is -2.19. The molecule has 0 saturated carbocycles. The maximum Gasteiger partial charge on any atom is 0.242 e. The van der Waals surface area contributed by atoms with Gasteiger partial charge in [-0.3, -0.25) is 14.4 Å². The molecule has 0 fully saturated rings. The van der Waals surface area contributed by atoms with Crippen LogP contribution in [0.3, 0.4) is 0 Å². The van der Waals surface area contributed by atoms with Gasteiger partial charge in [0.15, 0.2) is 0 Å². The Balaban J connectivity index is 2.30. The first kappa shape index (κ1) is 31.6.